The predicted molar refractivity (Wildman–Crippen MR) is 59.4 cm³/mol. The standard InChI is InChI=1S/C11H20N4/c1-2-7-15-11(13-9-14-15)8-12-6-5-10-3-4-10/h9-10,12H,2-8H2,1H3. The summed E-state index contributed by atoms with van der Waals surface area (Å²) < 4.78 is 1.99. The molecule has 1 heterocycles. The van der Waals surface area contributed by atoms with Gasteiger partial charge in [-0.15, -0.1) is 0 Å². The van der Waals surface area contributed by atoms with Crippen molar-refractivity contribution in [1.82, 2.24) is 20.1 Å². The van der Waals surface area contributed by atoms with Crippen molar-refractivity contribution in [3.05, 3.63) is 12.2 Å². The third-order valence-corrected chi connectivity index (χ3v) is 2.84. The molecule has 4 heteroatoms. The molecule has 1 saturated carbocycles. The van der Waals surface area contributed by atoms with E-state index in [-0.39, 0.29) is 0 Å². The molecule has 0 aliphatic heterocycles. The Balaban J connectivity index is 1.68. The number of nitrogens with zero attached hydrogens (tertiary/aromatic N) is 3. The minimum absolute atomic E-state index is 0.854. The second kappa shape index (κ2) is 5.26. The number of rotatable bonds is 7. The Bertz CT molecular complexity index is 291. The molecule has 0 amide bonds. The number of hydrogen-bond donors (Lipinski definition) is 1. The van der Waals surface area contributed by atoms with E-state index in [1.54, 1.807) is 6.33 Å². The third kappa shape index (κ3) is 3.30. The monoisotopic (exact) mass is 208 g/mol. The van der Waals surface area contributed by atoms with Gasteiger partial charge in [0.25, 0.3) is 0 Å². The highest BCUT2D eigenvalue weighted by molar-refractivity contribution is 4.84. The van der Waals surface area contributed by atoms with Crippen LogP contribution in [0.5, 0.6) is 0 Å². The summed E-state index contributed by atoms with van der Waals surface area (Å²) in [6, 6.07) is 0. The second-order valence-electron chi connectivity index (χ2n) is 4.31. The van der Waals surface area contributed by atoms with Crippen LogP contribution >= 0.6 is 0 Å². The first-order chi connectivity index (χ1) is 7.40. The van der Waals surface area contributed by atoms with Gasteiger partial charge in [0.15, 0.2) is 0 Å². The molecule has 1 aliphatic carbocycles. The summed E-state index contributed by atoms with van der Waals surface area (Å²) in [5.74, 6) is 2.07. The van der Waals surface area contributed by atoms with Gasteiger partial charge in [-0.05, 0) is 25.3 Å². The molecule has 1 aromatic rings. The Labute approximate surface area is 91.1 Å². The van der Waals surface area contributed by atoms with Gasteiger partial charge in [0.2, 0.25) is 0 Å². The quantitative estimate of drug-likeness (QED) is 0.692. The summed E-state index contributed by atoms with van der Waals surface area (Å²) in [6.45, 7) is 5.10. The van der Waals surface area contributed by atoms with Crippen molar-refractivity contribution in [3.8, 4) is 0 Å². The smallest absolute Gasteiger partial charge is 0.140 e. The average molecular weight is 208 g/mol. The lowest BCUT2D eigenvalue weighted by molar-refractivity contribution is 0.532. The van der Waals surface area contributed by atoms with Crippen LogP contribution < -0.4 is 5.32 Å². The molecule has 0 spiro atoms. The van der Waals surface area contributed by atoms with Crippen molar-refractivity contribution in [2.24, 2.45) is 5.92 Å². The minimum Gasteiger partial charge on any atom is -0.310 e. The van der Waals surface area contributed by atoms with Crippen molar-refractivity contribution < 1.29 is 0 Å². The van der Waals surface area contributed by atoms with E-state index in [0.717, 1.165) is 37.8 Å². The number of aromatic nitrogens is 3. The van der Waals surface area contributed by atoms with E-state index in [2.05, 4.69) is 22.3 Å². The molecule has 0 aromatic carbocycles. The molecule has 84 valence electrons. The molecular formula is C11H20N4. The van der Waals surface area contributed by atoms with Crippen LogP contribution in [0.15, 0.2) is 6.33 Å². The minimum atomic E-state index is 0.854. The van der Waals surface area contributed by atoms with Crippen LogP contribution in [0.2, 0.25) is 0 Å². The van der Waals surface area contributed by atoms with Crippen molar-refractivity contribution in [3.63, 3.8) is 0 Å². The topological polar surface area (TPSA) is 42.7 Å². The fraction of sp³-hybridized carbons (Fsp3) is 0.818. The Kier molecular flexibility index (Phi) is 3.72. The lowest BCUT2D eigenvalue weighted by Gasteiger charge is -2.05. The van der Waals surface area contributed by atoms with Gasteiger partial charge in [-0.2, -0.15) is 5.10 Å². The van der Waals surface area contributed by atoms with Gasteiger partial charge in [0, 0.05) is 6.54 Å². The number of aryl methyl sites for hydroxylation is 1. The van der Waals surface area contributed by atoms with Gasteiger partial charge in [0.1, 0.15) is 12.2 Å². The van der Waals surface area contributed by atoms with Gasteiger partial charge in [-0.1, -0.05) is 19.8 Å². The Hall–Kier alpha value is -0.900. The first-order valence-corrected chi connectivity index (χ1v) is 5.97. The number of nitrogens with one attached hydrogen (secondary N) is 1. The van der Waals surface area contributed by atoms with E-state index in [1.807, 2.05) is 4.68 Å². The Morgan fingerprint density at radius 2 is 2.40 bits per heavy atom. The maximum absolute atomic E-state index is 4.26. The molecular weight excluding hydrogens is 188 g/mol. The second-order valence-corrected chi connectivity index (χ2v) is 4.31. The van der Waals surface area contributed by atoms with Crippen LogP contribution in [0, 0.1) is 5.92 Å². The SMILES string of the molecule is CCCn1ncnc1CNCCC1CC1. The first kappa shape index (κ1) is 10.6. The zero-order valence-electron chi connectivity index (χ0n) is 9.45. The summed E-state index contributed by atoms with van der Waals surface area (Å²) in [5, 5.41) is 7.63. The molecule has 1 N–H and O–H groups in total. The van der Waals surface area contributed by atoms with E-state index in [9.17, 15) is 0 Å². The Morgan fingerprint density at radius 1 is 1.53 bits per heavy atom. The normalized spacial score (nSPS) is 15.8. The molecule has 0 bridgehead atoms. The summed E-state index contributed by atoms with van der Waals surface area (Å²) in [6.07, 6.45) is 6.95. The van der Waals surface area contributed by atoms with E-state index in [0.29, 0.717) is 0 Å². The molecule has 1 aliphatic rings. The third-order valence-electron chi connectivity index (χ3n) is 2.84. The van der Waals surface area contributed by atoms with Crippen LogP contribution in [0.4, 0.5) is 0 Å². The van der Waals surface area contributed by atoms with Gasteiger partial charge in [-0.25, -0.2) is 9.67 Å². The van der Waals surface area contributed by atoms with Crippen molar-refractivity contribution >= 4 is 0 Å². The maximum Gasteiger partial charge on any atom is 0.140 e. The molecule has 0 unspecified atom stereocenters. The van der Waals surface area contributed by atoms with E-state index in [4.69, 9.17) is 0 Å². The van der Waals surface area contributed by atoms with E-state index >= 15 is 0 Å². The Morgan fingerprint density at radius 3 is 3.13 bits per heavy atom. The average Bonchev–Trinajstić information content (AvgIpc) is 2.96. The van der Waals surface area contributed by atoms with E-state index < -0.39 is 0 Å². The number of hydrogen-bond acceptors (Lipinski definition) is 3. The van der Waals surface area contributed by atoms with Gasteiger partial charge in [0.05, 0.1) is 6.54 Å². The van der Waals surface area contributed by atoms with E-state index in [1.165, 1.54) is 19.3 Å². The predicted octanol–water partition coefficient (Wildman–Crippen LogP) is 1.58. The molecule has 0 radical (unpaired) electrons. The zero-order valence-corrected chi connectivity index (χ0v) is 9.45. The van der Waals surface area contributed by atoms with Crippen molar-refractivity contribution in [2.75, 3.05) is 6.54 Å². The van der Waals surface area contributed by atoms with Crippen LogP contribution in [-0.4, -0.2) is 21.3 Å². The van der Waals surface area contributed by atoms with Gasteiger partial charge < -0.3 is 5.32 Å². The highest BCUT2D eigenvalue weighted by Crippen LogP contribution is 2.31. The molecule has 15 heavy (non-hydrogen) atoms. The fourth-order valence-corrected chi connectivity index (χ4v) is 1.74. The molecule has 0 atom stereocenters. The first-order valence-electron chi connectivity index (χ1n) is 5.97. The summed E-state index contributed by atoms with van der Waals surface area (Å²) >= 11 is 0. The lowest BCUT2D eigenvalue weighted by atomic mass is 10.3. The molecule has 1 aromatic heterocycles. The highest BCUT2D eigenvalue weighted by Gasteiger charge is 2.20. The van der Waals surface area contributed by atoms with Crippen LogP contribution in [0.25, 0.3) is 0 Å². The molecule has 1 fully saturated rings. The van der Waals surface area contributed by atoms with Crippen molar-refractivity contribution in [1.29, 1.82) is 0 Å². The maximum atomic E-state index is 4.26. The molecule has 2 rings (SSSR count). The summed E-state index contributed by atoms with van der Waals surface area (Å²) in [7, 11) is 0. The lowest BCUT2D eigenvalue weighted by Crippen LogP contribution is -2.19. The van der Waals surface area contributed by atoms with Gasteiger partial charge in [-0.3, -0.25) is 0 Å². The van der Waals surface area contributed by atoms with Crippen LogP contribution in [0.3, 0.4) is 0 Å². The molecule has 0 saturated heterocycles. The highest BCUT2D eigenvalue weighted by atomic mass is 15.3. The fourth-order valence-electron chi connectivity index (χ4n) is 1.74. The summed E-state index contributed by atoms with van der Waals surface area (Å²) in [4.78, 5) is 4.26. The van der Waals surface area contributed by atoms with Crippen LogP contribution in [0.1, 0.15) is 38.4 Å². The van der Waals surface area contributed by atoms with Gasteiger partial charge >= 0.3 is 0 Å². The molecule has 4 nitrogen and oxygen atoms in total. The summed E-state index contributed by atoms with van der Waals surface area (Å²) in [5.41, 5.74) is 0. The van der Waals surface area contributed by atoms with Crippen molar-refractivity contribution in [2.45, 2.75) is 45.7 Å². The zero-order chi connectivity index (χ0) is 10.5. The van der Waals surface area contributed by atoms with Crippen LogP contribution in [-0.2, 0) is 13.1 Å². The largest absolute Gasteiger partial charge is 0.310 e.